The number of hydrogen-bond donors (Lipinski definition) is 2. The number of para-hydroxylation sites is 2. The van der Waals surface area contributed by atoms with E-state index in [1.165, 1.54) is 0 Å². The number of carbonyl (C=O) groups is 1. The van der Waals surface area contributed by atoms with Crippen molar-refractivity contribution in [2.45, 2.75) is 51.7 Å². The number of fused-ring (bicyclic) bond motifs is 1. The number of allylic oxidation sites excluding steroid dienone is 1. The first kappa shape index (κ1) is 28.2. The molecule has 0 radical (unpaired) electrons. The van der Waals surface area contributed by atoms with Crippen LogP contribution in [0.3, 0.4) is 0 Å². The van der Waals surface area contributed by atoms with E-state index in [1.54, 1.807) is 21.3 Å². The van der Waals surface area contributed by atoms with Crippen LogP contribution < -0.4 is 34.3 Å². The number of ketones is 1. The number of nitrogens with one attached hydrogen (secondary N) is 2. The van der Waals surface area contributed by atoms with E-state index >= 15 is 0 Å². The fraction of sp³-hybridized carbons (Fsp3) is 0.364. The molecule has 2 N–H and O–H groups in total. The topological polar surface area (TPSA) is 87.3 Å². The number of benzene rings is 3. The van der Waals surface area contributed by atoms with Crippen LogP contribution in [0.2, 0.25) is 0 Å². The van der Waals surface area contributed by atoms with Crippen molar-refractivity contribution in [3.05, 3.63) is 77.0 Å². The monoisotopic (exact) mass is 558 g/mol. The second-order valence-electron chi connectivity index (χ2n) is 10.4. The zero-order valence-corrected chi connectivity index (χ0v) is 24.5. The summed E-state index contributed by atoms with van der Waals surface area (Å²) in [6.07, 6.45) is 0.994. The molecule has 1 aliphatic carbocycles. The standard InChI is InChI=1S/C33H38N2O6/c1-7-40-28-16-20(12-13-27(28)41-19(2)3)32-31-25(34-23-10-8-9-11-24(23)35-32)14-21(15-26(31)36)22-17-29(37-4)33(39-6)30(18-22)38-5/h8-13,16-19,21,32,34-35H,7,14-15H2,1-6H3. The lowest BCUT2D eigenvalue weighted by Gasteiger charge is -2.30. The first-order chi connectivity index (χ1) is 19.9. The van der Waals surface area contributed by atoms with Crippen molar-refractivity contribution in [2.75, 3.05) is 38.6 Å². The zero-order valence-electron chi connectivity index (χ0n) is 24.5. The molecule has 0 fully saturated rings. The van der Waals surface area contributed by atoms with E-state index in [0.717, 1.165) is 33.8 Å². The maximum absolute atomic E-state index is 14.1. The number of methoxy groups -OCH3 is 3. The molecule has 2 atom stereocenters. The quantitative estimate of drug-likeness (QED) is 0.294. The molecule has 1 aliphatic heterocycles. The van der Waals surface area contributed by atoms with Crippen LogP contribution in [0.5, 0.6) is 28.7 Å². The fourth-order valence-corrected chi connectivity index (χ4v) is 5.64. The van der Waals surface area contributed by atoms with E-state index < -0.39 is 0 Å². The molecule has 0 spiro atoms. The Hall–Kier alpha value is -4.33. The predicted molar refractivity (Wildman–Crippen MR) is 160 cm³/mol. The smallest absolute Gasteiger partial charge is 0.203 e. The first-order valence-electron chi connectivity index (χ1n) is 14.0. The van der Waals surface area contributed by atoms with Gasteiger partial charge < -0.3 is 34.3 Å². The van der Waals surface area contributed by atoms with Gasteiger partial charge >= 0.3 is 0 Å². The maximum atomic E-state index is 14.1. The average Bonchev–Trinajstić information content (AvgIpc) is 3.14. The lowest BCUT2D eigenvalue weighted by Crippen LogP contribution is -2.27. The summed E-state index contributed by atoms with van der Waals surface area (Å²) in [7, 11) is 4.78. The van der Waals surface area contributed by atoms with Crippen molar-refractivity contribution in [1.29, 1.82) is 0 Å². The Kier molecular flexibility index (Phi) is 8.28. The lowest BCUT2D eigenvalue weighted by molar-refractivity contribution is -0.116. The number of anilines is 2. The van der Waals surface area contributed by atoms with Gasteiger partial charge in [-0.1, -0.05) is 18.2 Å². The Morgan fingerprint density at radius 1 is 0.829 bits per heavy atom. The van der Waals surface area contributed by atoms with Gasteiger partial charge in [0.25, 0.3) is 0 Å². The summed E-state index contributed by atoms with van der Waals surface area (Å²) in [5, 5.41) is 7.25. The lowest BCUT2D eigenvalue weighted by atomic mass is 9.78. The summed E-state index contributed by atoms with van der Waals surface area (Å²) in [6, 6.07) is 17.4. The molecule has 5 rings (SSSR count). The van der Waals surface area contributed by atoms with E-state index in [4.69, 9.17) is 23.7 Å². The molecule has 216 valence electrons. The van der Waals surface area contributed by atoms with Crippen LogP contribution in [0.1, 0.15) is 56.7 Å². The highest BCUT2D eigenvalue weighted by Crippen LogP contribution is 2.47. The van der Waals surface area contributed by atoms with Crippen LogP contribution in [0.15, 0.2) is 65.9 Å². The van der Waals surface area contributed by atoms with Crippen LogP contribution in [-0.4, -0.2) is 39.8 Å². The minimum atomic E-state index is -0.373. The molecule has 0 saturated carbocycles. The Morgan fingerprint density at radius 2 is 1.51 bits per heavy atom. The van der Waals surface area contributed by atoms with E-state index in [0.29, 0.717) is 48.2 Å². The summed E-state index contributed by atoms with van der Waals surface area (Å²) in [4.78, 5) is 14.1. The summed E-state index contributed by atoms with van der Waals surface area (Å²) in [5.74, 6) is 3.01. The highest BCUT2D eigenvalue weighted by atomic mass is 16.5. The van der Waals surface area contributed by atoms with Crippen molar-refractivity contribution in [2.24, 2.45) is 0 Å². The molecule has 8 nitrogen and oxygen atoms in total. The molecule has 2 aliphatic rings. The second kappa shape index (κ2) is 12.0. The molecular formula is C33H38N2O6. The van der Waals surface area contributed by atoms with E-state index in [9.17, 15) is 4.79 Å². The van der Waals surface area contributed by atoms with Crippen LogP contribution >= 0.6 is 0 Å². The van der Waals surface area contributed by atoms with Gasteiger partial charge in [0.15, 0.2) is 28.8 Å². The van der Waals surface area contributed by atoms with Gasteiger partial charge in [-0.2, -0.15) is 0 Å². The van der Waals surface area contributed by atoms with E-state index in [2.05, 4.69) is 10.6 Å². The van der Waals surface area contributed by atoms with Gasteiger partial charge in [-0.05, 0) is 80.6 Å². The molecular weight excluding hydrogens is 520 g/mol. The van der Waals surface area contributed by atoms with Crippen molar-refractivity contribution >= 4 is 17.2 Å². The molecule has 3 aromatic rings. The minimum absolute atomic E-state index is 0.00788. The Bertz CT molecular complexity index is 1440. The normalized spacial score (nSPS) is 18.0. The van der Waals surface area contributed by atoms with Gasteiger partial charge in [0.05, 0.1) is 51.5 Å². The van der Waals surface area contributed by atoms with Crippen LogP contribution in [0.25, 0.3) is 0 Å². The first-order valence-corrected chi connectivity index (χ1v) is 14.0. The van der Waals surface area contributed by atoms with Crippen LogP contribution in [0.4, 0.5) is 11.4 Å². The maximum Gasteiger partial charge on any atom is 0.203 e. The number of carbonyl (C=O) groups excluding carboxylic acids is 1. The fourth-order valence-electron chi connectivity index (χ4n) is 5.64. The Morgan fingerprint density at radius 3 is 2.15 bits per heavy atom. The van der Waals surface area contributed by atoms with Crippen molar-refractivity contribution < 1.29 is 28.5 Å². The van der Waals surface area contributed by atoms with Gasteiger partial charge in [-0.15, -0.1) is 0 Å². The molecule has 8 heteroatoms. The molecule has 0 aromatic heterocycles. The van der Waals surface area contributed by atoms with Crippen molar-refractivity contribution in [3.63, 3.8) is 0 Å². The third kappa shape index (κ3) is 5.64. The number of rotatable bonds is 9. The van der Waals surface area contributed by atoms with E-state index in [1.807, 2.05) is 75.4 Å². The van der Waals surface area contributed by atoms with Crippen molar-refractivity contribution in [3.8, 4) is 28.7 Å². The van der Waals surface area contributed by atoms with Gasteiger partial charge in [0.2, 0.25) is 5.75 Å². The number of hydrogen-bond acceptors (Lipinski definition) is 8. The van der Waals surface area contributed by atoms with Crippen LogP contribution in [0, 0.1) is 0 Å². The molecule has 2 unspecified atom stereocenters. The molecule has 1 heterocycles. The van der Waals surface area contributed by atoms with Gasteiger partial charge in [0.1, 0.15) is 0 Å². The molecule has 0 saturated heterocycles. The third-order valence-electron chi connectivity index (χ3n) is 7.43. The minimum Gasteiger partial charge on any atom is -0.493 e. The second-order valence-corrected chi connectivity index (χ2v) is 10.4. The van der Waals surface area contributed by atoms with E-state index in [-0.39, 0.29) is 23.8 Å². The number of Topliss-reactive ketones (excluding diaryl/α,β-unsaturated/α-hetero) is 1. The zero-order chi connectivity index (χ0) is 29.1. The largest absolute Gasteiger partial charge is 0.493 e. The highest BCUT2D eigenvalue weighted by Gasteiger charge is 2.37. The predicted octanol–water partition coefficient (Wildman–Crippen LogP) is 6.88. The Labute approximate surface area is 241 Å². The summed E-state index contributed by atoms with van der Waals surface area (Å²) >= 11 is 0. The molecule has 0 bridgehead atoms. The van der Waals surface area contributed by atoms with Gasteiger partial charge in [0, 0.05) is 17.7 Å². The third-order valence-corrected chi connectivity index (χ3v) is 7.43. The Balaban J connectivity index is 1.59. The average molecular weight is 559 g/mol. The number of ether oxygens (including phenoxy) is 5. The summed E-state index contributed by atoms with van der Waals surface area (Å²) < 4.78 is 28.7. The molecule has 0 amide bonds. The highest BCUT2D eigenvalue weighted by molar-refractivity contribution is 6.01. The molecule has 41 heavy (non-hydrogen) atoms. The van der Waals surface area contributed by atoms with Gasteiger partial charge in [-0.25, -0.2) is 0 Å². The van der Waals surface area contributed by atoms with Gasteiger partial charge in [-0.3, -0.25) is 4.79 Å². The molecule has 3 aromatic carbocycles. The van der Waals surface area contributed by atoms with Crippen LogP contribution in [-0.2, 0) is 4.79 Å². The van der Waals surface area contributed by atoms with Crippen molar-refractivity contribution in [1.82, 2.24) is 0 Å². The summed E-state index contributed by atoms with van der Waals surface area (Å²) in [6.45, 7) is 6.43. The SMILES string of the molecule is CCOc1cc(C2Nc3ccccc3NC3=C2C(=O)CC(c2cc(OC)c(OC)c(OC)c2)C3)ccc1OC(C)C. The summed E-state index contributed by atoms with van der Waals surface area (Å²) in [5.41, 5.74) is 5.34.